The smallest absolute Gasteiger partial charge is 0.226 e. The first-order chi connectivity index (χ1) is 10.7. The van der Waals surface area contributed by atoms with Crippen LogP contribution in [-0.2, 0) is 11.2 Å². The quantitative estimate of drug-likeness (QED) is 0.589. The number of amides is 1. The van der Waals surface area contributed by atoms with Gasteiger partial charge in [0.2, 0.25) is 11.0 Å². The fourth-order valence-electron chi connectivity index (χ4n) is 1.74. The molecule has 22 heavy (non-hydrogen) atoms. The molecule has 7 heteroatoms. The molecule has 2 rings (SSSR count). The van der Waals surface area contributed by atoms with Gasteiger partial charge in [-0.05, 0) is 30.5 Å². The number of anilines is 1. The Labute approximate surface area is 138 Å². The molecule has 0 saturated carbocycles. The minimum Gasteiger partial charge on any atom is -0.497 e. The van der Waals surface area contributed by atoms with Crippen LogP contribution in [0.25, 0.3) is 0 Å². The Morgan fingerprint density at radius 1 is 1.32 bits per heavy atom. The van der Waals surface area contributed by atoms with Crippen LogP contribution < -0.4 is 10.1 Å². The van der Waals surface area contributed by atoms with Crippen LogP contribution in [0.4, 0.5) is 5.13 Å². The highest BCUT2D eigenvalue weighted by Gasteiger charge is 2.08. The minimum atomic E-state index is -0.0426. The molecule has 118 valence electrons. The summed E-state index contributed by atoms with van der Waals surface area (Å²) in [5.41, 5.74) is 1.10. The van der Waals surface area contributed by atoms with Crippen LogP contribution in [0.15, 0.2) is 28.6 Å². The molecule has 0 unspecified atom stereocenters. The fraction of sp³-hybridized carbons (Fsp3) is 0.400. The van der Waals surface area contributed by atoms with Crippen molar-refractivity contribution in [2.24, 2.45) is 0 Å². The molecule has 0 aliphatic carbocycles. The number of benzene rings is 1. The molecule has 0 bridgehead atoms. The molecule has 0 aliphatic rings. The van der Waals surface area contributed by atoms with Gasteiger partial charge in [-0.2, -0.15) is 0 Å². The summed E-state index contributed by atoms with van der Waals surface area (Å²) >= 11 is 3.08. The topological polar surface area (TPSA) is 64.1 Å². The van der Waals surface area contributed by atoms with E-state index in [0.717, 1.165) is 27.8 Å². The highest BCUT2D eigenvalue weighted by molar-refractivity contribution is 8.01. The number of carbonyl (C=O) groups is 1. The van der Waals surface area contributed by atoms with Gasteiger partial charge in [-0.1, -0.05) is 42.2 Å². The van der Waals surface area contributed by atoms with Crippen LogP contribution in [0.2, 0.25) is 0 Å². The molecule has 0 radical (unpaired) electrons. The van der Waals surface area contributed by atoms with E-state index in [-0.39, 0.29) is 5.91 Å². The Kier molecular flexibility index (Phi) is 6.67. The molecule has 1 aromatic heterocycles. The Morgan fingerprint density at radius 3 is 2.77 bits per heavy atom. The lowest BCUT2D eigenvalue weighted by molar-refractivity contribution is -0.116. The summed E-state index contributed by atoms with van der Waals surface area (Å²) in [5, 5.41) is 11.4. The van der Waals surface area contributed by atoms with Crippen LogP contribution in [0.3, 0.4) is 0 Å². The van der Waals surface area contributed by atoms with Crippen LogP contribution in [0.5, 0.6) is 5.75 Å². The molecule has 1 heterocycles. The summed E-state index contributed by atoms with van der Waals surface area (Å²) in [6.45, 7) is 2.12. The van der Waals surface area contributed by atoms with Crippen molar-refractivity contribution in [3.05, 3.63) is 29.8 Å². The molecule has 0 fully saturated rings. The first-order valence-corrected chi connectivity index (χ1v) is 8.90. The number of carbonyl (C=O) groups excluding carboxylic acids is 1. The molecule has 1 aromatic carbocycles. The Balaban J connectivity index is 1.78. The van der Waals surface area contributed by atoms with Crippen molar-refractivity contribution in [2.75, 3.05) is 18.2 Å². The van der Waals surface area contributed by atoms with Crippen molar-refractivity contribution >= 4 is 34.1 Å². The fourth-order valence-corrected chi connectivity index (χ4v) is 3.43. The second-order valence-corrected chi connectivity index (χ2v) is 6.94. The zero-order valence-electron chi connectivity index (χ0n) is 12.7. The summed E-state index contributed by atoms with van der Waals surface area (Å²) in [4.78, 5) is 11.9. The van der Waals surface area contributed by atoms with Crippen LogP contribution >= 0.6 is 23.1 Å². The van der Waals surface area contributed by atoms with E-state index >= 15 is 0 Å². The summed E-state index contributed by atoms with van der Waals surface area (Å²) in [6, 6.07) is 7.73. The number of nitrogens with zero attached hydrogens (tertiary/aromatic N) is 2. The molecule has 0 spiro atoms. The molecule has 0 atom stereocenters. The summed E-state index contributed by atoms with van der Waals surface area (Å²) in [7, 11) is 1.64. The van der Waals surface area contributed by atoms with Crippen molar-refractivity contribution in [1.29, 1.82) is 0 Å². The van der Waals surface area contributed by atoms with Gasteiger partial charge in [-0.25, -0.2) is 0 Å². The predicted octanol–water partition coefficient (Wildman–Crippen LogP) is 3.62. The summed E-state index contributed by atoms with van der Waals surface area (Å²) in [5.74, 6) is 1.79. The Hall–Kier alpha value is -1.60. The first kappa shape index (κ1) is 16.8. The maximum Gasteiger partial charge on any atom is 0.226 e. The standard InChI is InChI=1S/C15H19N3O2S2/c1-3-10-21-15-18-17-14(22-15)16-13(19)9-6-11-4-7-12(20-2)8-5-11/h4-5,7-8H,3,6,9-10H2,1-2H3,(H,16,17,19). The number of hydrogen-bond donors (Lipinski definition) is 1. The first-order valence-electron chi connectivity index (χ1n) is 7.10. The number of nitrogens with one attached hydrogen (secondary N) is 1. The number of aryl methyl sites for hydroxylation is 1. The van der Waals surface area contributed by atoms with Gasteiger partial charge >= 0.3 is 0 Å². The predicted molar refractivity (Wildman–Crippen MR) is 90.9 cm³/mol. The lowest BCUT2D eigenvalue weighted by atomic mass is 10.1. The van der Waals surface area contributed by atoms with Gasteiger partial charge in [0, 0.05) is 12.2 Å². The average Bonchev–Trinajstić information content (AvgIpc) is 2.98. The van der Waals surface area contributed by atoms with Crippen molar-refractivity contribution in [1.82, 2.24) is 10.2 Å². The van der Waals surface area contributed by atoms with Crippen molar-refractivity contribution in [3.8, 4) is 5.75 Å². The second-order valence-electron chi connectivity index (χ2n) is 4.62. The number of hydrogen-bond acceptors (Lipinski definition) is 6. The normalized spacial score (nSPS) is 10.5. The third kappa shape index (κ3) is 5.31. The number of ether oxygens (including phenoxy) is 1. The van der Waals surface area contributed by atoms with E-state index in [2.05, 4.69) is 22.4 Å². The number of rotatable bonds is 8. The van der Waals surface area contributed by atoms with E-state index in [1.165, 1.54) is 11.3 Å². The largest absolute Gasteiger partial charge is 0.497 e. The molecular formula is C15H19N3O2S2. The highest BCUT2D eigenvalue weighted by Crippen LogP contribution is 2.25. The van der Waals surface area contributed by atoms with Gasteiger partial charge in [0.25, 0.3) is 0 Å². The van der Waals surface area contributed by atoms with E-state index in [0.29, 0.717) is 18.0 Å². The zero-order valence-corrected chi connectivity index (χ0v) is 14.3. The zero-order chi connectivity index (χ0) is 15.8. The second kappa shape index (κ2) is 8.75. The maximum absolute atomic E-state index is 11.9. The van der Waals surface area contributed by atoms with Gasteiger partial charge in [0.05, 0.1) is 7.11 Å². The van der Waals surface area contributed by atoms with Gasteiger partial charge < -0.3 is 10.1 Å². The highest BCUT2D eigenvalue weighted by atomic mass is 32.2. The van der Waals surface area contributed by atoms with Gasteiger partial charge in [-0.15, -0.1) is 10.2 Å². The Bertz CT molecular complexity index is 599. The van der Waals surface area contributed by atoms with Gasteiger partial charge in [0.15, 0.2) is 4.34 Å². The third-order valence-electron chi connectivity index (χ3n) is 2.88. The minimum absolute atomic E-state index is 0.0426. The third-order valence-corrected chi connectivity index (χ3v) is 5.06. The van der Waals surface area contributed by atoms with Crippen molar-refractivity contribution in [3.63, 3.8) is 0 Å². The molecular weight excluding hydrogens is 318 g/mol. The van der Waals surface area contributed by atoms with Crippen LogP contribution in [0, 0.1) is 0 Å². The molecule has 1 amide bonds. The Morgan fingerprint density at radius 2 is 2.09 bits per heavy atom. The van der Waals surface area contributed by atoms with E-state index in [9.17, 15) is 4.79 Å². The number of aromatic nitrogens is 2. The molecule has 0 aliphatic heterocycles. The number of thioether (sulfide) groups is 1. The SMILES string of the molecule is CCCSc1nnc(NC(=O)CCc2ccc(OC)cc2)s1. The van der Waals surface area contributed by atoms with Gasteiger partial charge in [0.1, 0.15) is 5.75 Å². The lowest BCUT2D eigenvalue weighted by Crippen LogP contribution is -2.12. The molecule has 0 saturated heterocycles. The summed E-state index contributed by atoms with van der Waals surface area (Å²) in [6.07, 6.45) is 2.20. The number of methoxy groups -OCH3 is 1. The lowest BCUT2D eigenvalue weighted by Gasteiger charge is -2.03. The monoisotopic (exact) mass is 337 g/mol. The van der Waals surface area contributed by atoms with Crippen LogP contribution in [-0.4, -0.2) is 29.0 Å². The van der Waals surface area contributed by atoms with E-state index in [1.807, 2.05) is 24.3 Å². The van der Waals surface area contributed by atoms with Gasteiger partial charge in [-0.3, -0.25) is 4.79 Å². The molecule has 2 aromatic rings. The van der Waals surface area contributed by atoms with E-state index in [4.69, 9.17) is 4.74 Å². The molecule has 5 nitrogen and oxygen atoms in total. The van der Waals surface area contributed by atoms with Crippen LogP contribution in [0.1, 0.15) is 25.3 Å². The molecule has 1 N–H and O–H groups in total. The van der Waals surface area contributed by atoms with Crippen molar-refractivity contribution < 1.29 is 9.53 Å². The summed E-state index contributed by atoms with van der Waals surface area (Å²) < 4.78 is 6.00. The maximum atomic E-state index is 11.9. The van der Waals surface area contributed by atoms with Crippen molar-refractivity contribution in [2.45, 2.75) is 30.5 Å². The van der Waals surface area contributed by atoms with E-state index < -0.39 is 0 Å². The van der Waals surface area contributed by atoms with E-state index in [1.54, 1.807) is 18.9 Å². The average molecular weight is 337 g/mol.